The predicted octanol–water partition coefficient (Wildman–Crippen LogP) is 6.47. The van der Waals surface area contributed by atoms with Crippen LogP contribution in [-0.4, -0.2) is 54.1 Å². The third-order valence-corrected chi connectivity index (χ3v) is 13.4. The van der Waals surface area contributed by atoms with Crippen LogP contribution in [0.5, 0.6) is 5.75 Å². The molecule has 4 fully saturated rings. The minimum Gasteiger partial charge on any atom is -0.497 e. The molecule has 8 rings (SSSR count). The molecule has 2 aliphatic heterocycles. The number of nitrogens with zero attached hydrogens (tertiary/aromatic N) is 2. The number of carbonyl (C=O) groups is 2. The summed E-state index contributed by atoms with van der Waals surface area (Å²) < 4.78 is 35.7. The second-order valence-electron chi connectivity index (χ2n) is 14.4. The van der Waals surface area contributed by atoms with Gasteiger partial charge in [0.05, 0.1) is 23.5 Å². The smallest absolute Gasteiger partial charge is 0.264 e. The van der Waals surface area contributed by atoms with Gasteiger partial charge in [-0.1, -0.05) is 25.3 Å². The van der Waals surface area contributed by atoms with Crippen LogP contribution in [0.3, 0.4) is 0 Å². The monoisotopic (exact) mass is 629 g/mol. The Hall–Kier alpha value is -3.33. The summed E-state index contributed by atoms with van der Waals surface area (Å²) >= 11 is 0. The van der Waals surface area contributed by atoms with Gasteiger partial charge in [-0.25, -0.2) is 13.1 Å². The highest BCUT2D eigenvalue weighted by molar-refractivity contribution is 7.91. The van der Waals surface area contributed by atoms with Crippen LogP contribution < -0.4 is 9.46 Å². The molecule has 9 heteroatoms. The molecule has 4 atom stereocenters. The first-order valence-electron chi connectivity index (χ1n) is 16.9. The third kappa shape index (κ3) is 4.55. The van der Waals surface area contributed by atoms with Gasteiger partial charge in [0.2, 0.25) is 15.9 Å². The topological polar surface area (TPSA) is 97.7 Å². The van der Waals surface area contributed by atoms with Crippen LogP contribution in [0, 0.1) is 5.41 Å². The molecule has 3 saturated carbocycles. The fourth-order valence-electron chi connectivity index (χ4n) is 8.92. The molecule has 1 aromatic heterocycles. The molecule has 1 N–H and O–H groups in total. The molecule has 0 radical (unpaired) electrons. The molecule has 3 aromatic rings. The van der Waals surface area contributed by atoms with Gasteiger partial charge in [-0.15, -0.1) is 0 Å². The molecule has 238 valence electrons. The Morgan fingerprint density at radius 1 is 0.933 bits per heavy atom. The van der Waals surface area contributed by atoms with E-state index in [1.165, 1.54) is 30.4 Å². The molecule has 3 heterocycles. The SMILES string of the molecule is COc1ccc2c(c1)C1CC1(C(=O)N1C(C)CCC1C)Cn1c-2c(C2CCCCC2)c2ccc(C(=O)NS(=O)(=O)C3CC3)cc21. The Morgan fingerprint density at radius 3 is 2.36 bits per heavy atom. The summed E-state index contributed by atoms with van der Waals surface area (Å²) in [5.74, 6) is 0.898. The molecule has 8 nitrogen and oxygen atoms in total. The van der Waals surface area contributed by atoms with Crippen molar-refractivity contribution in [3.8, 4) is 17.0 Å². The molecule has 5 aliphatic rings. The van der Waals surface area contributed by atoms with E-state index in [1.807, 2.05) is 18.2 Å². The maximum Gasteiger partial charge on any atom is 0.264 e. The van der Waals surface area contributed by atoms with Crippen LogP contribution in [0.4, 0.5) is 0 Å². The summed E-state index contributed by atoms with van der Waals surface area (Å²) in [6.07, 6.45) is 9.81. The maximum absolute atomic E-state index is 14.7. The van der Waals surface area contributed by atoms with Gasteiger partial charge in [0.25, 0.3) is 5.91 Å². The summed E-state index contributed by atoms with van der Waals surface area (Å²) in [6, 6.07) is 12.4. The van der Waals surface area contributed by atoms with Gasteiger partial charge in [-0.3, -0.25) is 9.59 Å². The first-order valence-corrected chi connectivity index (χ1v) is 18.4. The van der Waals surface area contributed by atoms with Gasteiger partial charge in [-0.2, -0.15) is 0 Å². The number of amides is 2. The molecule has 1 saturated heterocycles. The number of rotatable bonds is 6. The van der Waals surface area contributed by atoms with Crippen LogP contribution in [0.25, 0.3) is 22.2 Å². The quantitative estimate of drug-likeness (QED) is 0.337. The van der Waals surface area contributed by atoms with Gasteiger partial charge in [-0.05, 0) is 106 Å². The van der Waals surface area contributed by atoms with E-state index in [2.05, 4.69) is 40.2 Å². The lowest BCUT2D eigenvalue weighted by Gasteiger charge is -2.31. The van der Waals surface area contributed by atoms with Crippen molar-refractivity contribution in [2.24, 2.45) is 5.41 Å². The van der Waals surface area contributed by atoms with E-state index in [1.54, 1.807) is 13.2 Å². The van der Waals surface area contributed by atoms with E-state index < -0.39 is 26.6 Å². The van der Waals surface area contributed by atoms with E-state index in [9.17, 15) is 18.0 Å². The molecule has 4 unspecified atom stereocenters. The number of sulfonamides is 1. The van der Waals surface area contributed by atoms with Crippen molar-refractivity contribution >= 4 is 32.7 Å². The normalized spacial score (nSPS) is 27.8. The summed E-state index contributed by atoms with van der Waals surface area (Å²) in [7, 11) is -1.99. The predicted molar refractivity (Wildman–Crippen MR) is 174 cm³/mol. The van der Waals surface area contributed by atoms with Crippen molar-refractivity contribution in [1.29, 1.82) is 0 Å². The lowest BCUT2D eigenvalue weighted by Crippen LogP contribution is -2.44. The number of aromatic nitrogens is 1. The highest BCUT2D eigenvalue weighted by atomic mass is 32.2. The van der Waals surface area contributed by atoms with Crippen LogP contribution in [-0.2, 0) is 21.4 Å². The molecule has 0 bridgehead atoms. The van der Waals surface area contributed by atoms with Crippen LogP contribution in [0.15, 0.2) is 36.4 Å². The lowest BCUT2D eigenvalue weighted by molar-refractivity contribution is -0.140. The molecule has 2 aromatic carbocycles. The van der Waals surface area contributed by atoms with Gasteiger partial charge in [0.15, 0.2) is 0 Å². The van der Waals surface area contributed by atoms with Crippen molar-refractivity contribution in [1.82, 2.24) is 14.2 Å². The second-order valence-corrected chi connectivity index (χ2v) is 16.4. The molecule has 45 heavy (non-hydrogen) atoms. The number of hydrogen-bond donors (Lipinski definition) is 1. The molecule has 0 spiro atoms. The Kier molecular flexibility index (Phi) is 6.69. The number of benzene rings is 2. The average Bonchev–Trinajstić information content (AvgIpc) is 3.95. The first-order chi connectivity index (χ1) is 21.6. The number of methoxy groups -OCH3 is 1. The van der Waals surface area contributed by atoms with Crippen molar-refractivity contribution in [2.45, 2.75) is 114 Å². The summed E-state index contributed by atoms with van der Waals surface area (Å²) in [4.78, 5) is 30.2. The van der Waals surface area contributed by atoms with Crippen LogP contribution >= 0.6 is 0 Å². The Balaban J connectivity index is 1.33. The third-order valence-electron chi connectivity index (χ3n) is 11.6. The zero-order chi connectivity index (χ0) is 31.2. The Bertz CT molecular complexity index is 1830. The fraction of sp³-hybridized carbons (Fsp3) is 0.556. The van der Waals surface area contributed by atoms with Crippen molar-refractivity contribution in [2.75, 3.05) is 7.11 Å². The van der Waals surface area contributed by atoms with Gasteiger partial charge in [0.1, 0.15) is 5.75 Å². The number of fused-ring (bicyclic) bond motifs is 7. The highest BCUT2D eigenvalue weighted by Gasteiger charge is 2.64. The van der Waals surface area contributed by atoms with Crippen molar-refractivity contribution < 1.29 is 22.7 Å². The zero-order valence-corrected chi connectivity index (χ0v) is 27.3. The second kappa shape index (κ2) is 10.3. The number of likely N-dealkylation sites (tertiary alicyclic amines) is 1. The number of carbonyl (C=O) groups excluding carboxylic acids is 2. The zero-order valence-electron chi connectivity index (χ0n) is 26.5. The first kappa shape index (κ1) is 29.1. The fourth-order valence-corrected chi connectivity index (χ4v) is 10.2. The van der Waals surface area contributed by atoms with Crippen LogP contribution in [0.1, 0.15) is 111 Å². The van der Waals surface area contributed by atoms with Gasteiger partial charge < -0.3 is 14.2 Å². The standard InChI is InChI=1S/C36H43N3O5S/c1-21-9-10-22(2)39(21)35(41)36-19-30(36)29-18-25(44-3)12-16-27(29)33-32(23-7-5-4-6-8-23)28-15-11-24(17-31(28)38(33)20-36)34(40)37-45(42,43)26-13-14-26/h11-12,15-18,21-23,26,30H,4-10,13-14,19-20H2,1-3H3,(H,37,40). The van der Waals surface area contributed by atoms with Gasteiger partial charge >= 0.3 is 0 Å². The lowest BCUT2D eigenvalue weighted by atomic mass is 9.81. The molecular formula is C36H43N3O5S. The molecular weight excluding hydrogens is 586 g/mol. The van der Waals surface area contributed by atoms with E-state index in [0.717, 1.165) is 60.0 Å². The summed E-state index contributed by atoms with van der Waals surface area (Å²) in [5, 5.41) is 0.624. The van der Waals surface area contributed by atoms with E-state index in [-0.39, 0.29) is 23.9 Å². The largest absolute Gasteiger partial charge is 0.497 e. The summed E-state index contributed by atoms with van der Waals surface area (Å²) in [5.41, 5.74) is 5.44. The van der Waals surface area contributed by atoms with E-state index in [4.69, 9.17) is 4.74 Å². The molecule has 2 amide bonds. The highest BCUT2D eigenvalue weighted by Crippen LogP contribution is 2.66. The van der Waals surface area contributed by atoms with Crippen molar-refractivity contribution in [3.05, 3.63) is 53.1 Å². The number of hydrogen-bond acceptors (Lipinski definition) is 5. The van der Waals surface area contributed by atoms with E-state index in [0.29, 0.717) is 30.9 Å². The average molecular weight is 630 g/mol. The Labute approximate surface area is 265 Å². The minimum atomic E-state index is -3.68. The maximum atomic E-state index is 14.7. The van der Waals surface area contributed by atoms with Crippen LogP contribution in [0.2, 0.25) is 0 Å². The minimum absolute atomic E-state index is 0.0828. The number of nitrogens with one attached hydrogen (secondary N) is 1. The van der Waals surface area contributed by atoms with Gasteiger partial charge in [0, 0.05) is 46.6 Å². The summed E-state index contributed by atoms with van der Waals surface area (Å²) in [6.45, 7) is 4.87. The molecule has 3 aliphatic carbocycles. The number of ether oxygens (including phenoxy) is 1. The Morgan fingerprint density at radius 2 is 1.67 bits per heavy atom. The van der Waals surface area contributed by atoms with E-state index >= 15 is 0 Å². The van der Waals surface area contributed by atoms with Crippen molar-refractivity contribution in [3.63, 3.8) is 0 Å².